The van der Waals surface area contributed by atoms with Crippen molar-refractivity contribution in [2.45, 2.75) is 6.92 Å². The van der Waals surface area contributed by atoms with Crippen LogP contribution in [-0.4, -0.2) is 31.1 Å². The molecule has 3 aromatic carbocycles. The summed E-state index contributed by atoms with van der Waals surface area (Å²) in [5.41, 5.74) is 2.29. The molecule has 0 atom stereocenters. The molecular weight excluding hydrogens is 413 g/mol. The predicted octanol–water partition coefficient (Wildman–Crippen LogP) is 4.60. The van der Waals surface area contributed by atoms with Gasteiger partial charge < -0.3 is 15.4 Å². The molecule has 8 heteroatoms. The summed E-state index contributed by atoms with van der Waals surface area (Å²) in [6, 6.07) is 17.4. The van der Waals surface area contributed by atoms with E-state index in [0.29, 0.717) is 34.7 Å². The van der Waals surface area contributed by atoms with Crippen LogP contribution in [0.15, 0.2) is 66.7 Å². The Balaban J connectivity index is 1.55. The second-order valence-corrected chi connectivity index (χ2v) is 7.20. The van der Waals surface area contributed by atoms with E-state index in [9.17, 15) is 18.8 Å². The highest BCUT2D eigenvalue weighted by molar-refractivity contribution is 6.09. The van der Waals surface area contributed by atoms with Crippen molar-refractivity contribution in [3.05, 3.63) is 89.2 Å². The van der Waals surface area contributed by atoms with E-state index in [1.54, 1.807) is 49.4 Å². The van der Waals surface area contributed by atoms with E-state index in [1.165, 1.54) is 29.2 Å². The summed E-state index contributed by atoms with van der Waals surface area (Å²) >= 11 is 0. The van der Waals surface area contributed by atoms with Gasteiger partial charge in [0, 0.05) is 11.3 Å². The highest BCUT2D eigenvalue weighted by Gasteiger charge is 2.26. The molecule has 3 amide bonds. The Bertz CT molecular complexity index is 1210. The summed E-state index contributed by atoms with van der Waals surface area (Å²) in [5.74, 6) is -1.67. The number of nitrogens with one attached hydrogen (secondary N) is 2. The number of anilines is 3. The third-order valence-corrected chi connectivity index (χ3v) is 5.07. The van der Waals surface area contributed by atoms with Gasteiger partial charge >= 0.3 is 6.09 Å². The molecule has 3 aromatic rings. The Morgan fingerprint density at radius 2 is 1.66 bits per heavy atom. The first-order chi connectivity index (χ1) is 15.4. The molecule has 162 valence electrons. The molecule has 1 aliphatic rings. The number of carbonyl (C=O) groups excluding carboxylic acids is 3. The monoisotopic (exact) mass is 433 g/mol. The number of aryl methyl sites for hydroxylation is 1. The minimum atomic E-state index is -0.631. The molecule has 0 aliphatic carbocycles. The largest absolute Gasteiger partial charge is 0.447 e. The van der Waals surface area contributed by atoms with Crippen LogP contribution in [0.5, 0.6) is 0 Å². The van der Waals surface area contributed by atoms with Crippen LogP contribution >= 0.6 is 0 Å². The van der Waals surface area contributed by atoms with Crippen LogP contribution in [0, 0.1) is 12.7 Å². The van der Waals surface area contributed by atoms with E-state index in [0.717, 1.165) is 0 Å². The van der Waals surface area contributed by atoms with Gasteiger partial charge in [0.15, 0.2) is 0 Å². The van der Waals surface area contributed by atoms with Gasteiger partial charge in [-0.3, -0.25) is 14.5 Å². The number of amides is 3. The van der Waals surface area contributed by atoms with E-state index in [-0.39, 0.29) is 12.2 Å². The third kappa shape index (κ3) is 4.29. The zero-order valence-electron chi connectivity index (χ0n) is 17.2. The molecule has 2 N–H and O–H groups in total. The fraction of sp³-hybridized carbons (Fsp3) is 0.125. The molecule has 0 bridgehead atoms. The molecule has 0 aromatic heterocycles. The van der Waals surface area contributed by atoms with Gasteiger partial charge in [-0.1, -0.05) is 30.3 Å². The Hall–Kier alpha value is -4.20. The van der Waals surface area contributed by atoms with Crippen molar-refractivity contribution in [3.8, 4) is 0 Å². The number of hydrogen-bond donors (Lipinski definition) is 2. The maximum Gasteiger partial charge on any atom is 0.414 e. The normalized spacial score (nSPS) is 12.9. The summed E-state index contributed by atoms with van der Waals surface area (Å²) in [6.45, 7) is 2.44. The lowest BCUT2D eigenvalue weighted by Crippen LogP contribution is -2.25. The van der Waals surface area contributed by atoms with Crippen LogP contribution in [0.1, 0.15) is 26.3 Å². The zero-order chi connectivity index (χ0) is 22.7. The highest BCUT2D eigenvalue weighted by Crippen LogP contribution is 2.29. The minimum Gasteiger partial charge on any atom is -0.447 e. The number of hydrogen-bond acceptors (Lipinski definition) is 4. The van der Waals surface area contributed by atoms with Gasteiger partial charge in [0.2, 0.25) is 0 Å². The zero-order valence-corrected chi connectivity index (χ0v) is 17.2. The van der Waals surface area contributed by atoms with Crippen LogP contribution in [-0.2, 0) is 4.74 Å². The Kier molecular flexibility index (Phi) is 5.85. The number of rotatable bonds is 5. The molecule has 0 saturated carbocycles. The smallest absolute Gasteiger partial charge is 0.414 e. The maximum atomic E-state index is 13.9. The van der Waals surface area contributed by atoms with E-state index in [2.05, 4.69) is 10.6 Å². The van der Waals surface area contributed by atoms with Gasteiger partial charge in [0.05, 0.1) is 23.5 Å². The Morgan fingerprint density at radius 1 is 0.938 bits per heavy atom. The van der Waals surface area contributed by atoms with Gasteiger partial charge in [-0.25, -0.2) is 9.18 Å². The predicted molar refractivity (Wildman–Crippen MR) is 119 cm³/mol. The van der Waals surface area contributed by atoms with Crippen LogP contribution in [0.3, 0.4) is 0 Å². The van der Waals surface area contributed by atoms with Gasteiger partial charge in [-0.05, 0) is 48.9 Å². The van der Waals surface area contributed by atoms with E-state index in [4.69, 9.17) is 4.74 Å². The lowest BCUT2D eigenvalue weighted by atomic mass is 10.1. The van der Waals surface area contributed by atoms with Crippen molar-refractivity contribution < 1.29 is 23.5 Å². The molecule has 1 heterocycles. The minimum absolute atomic E-state index is 0.0896. The van der Waals surface area contributed by atoms with Crippen molar-refractivity contribution in [2.75, 3.05) is 28.7 Å². The quantitative estimate of drug-likeness (QED) is 0.616. The first-order valence-corrected chi connectivity index (χ1v) is 9.95. The number of nitrogens with zero attached hydrogens (tertiary/aromatic N) is 1. The molecule has 32 heavy (non-hydrogen) atoms. The molecule has 1 aliphatic heterocycles. The van der Waals surface area contributed by atoms with Gasteiger partial charge in [-0.2, -0.15) is 0 Å². The first kappa shape index (κ1) is 21.0. The molecular formula is C24H20FN3O4. The lowest BCUT2D eigenvalue weighted by Gasteiger charge is -2.18. The van der Waals surface area contributed by atoms with Crippen molar-refractivity contribution in [1.29, 1.82) is 0 Å². The van der Waals surface area contributed by atoms with Crippen molar-refractivity contribution >= 4 is 35.0 Å². The lowest BCUT2D eigenvalue weighted by molar-refractivity contribution is 0.101. The number of para-hydroxylation sites is 2. The van der Waals surface area contributed by atoms with Crippen molar-refractivity contribution in [1.82, 2.24) is 0 Å². The second kappa shape index (κ2) is 8.89. The number of cyclic esters (lactones) is 1. The fourth-order valence-corrected chi connectivity index (χ4v) is 3.35. The highest BCUT2D eigenvalue weighted by atomic mass is 19.1. The van der Waals surface area contributed by atoms with Crippen LogP contribution in [0.25, 0.3) is 0 Å². The van der Waals surface area contributed by atoms with Crippen molar-refractivity contribution in [3.63, 3.8) is 0 Å². The molecule has 4 rings (SSSR count). The fourth-order valence-electron chi connectivity index (χ4n) is 3.35. The molecule has 7 nitrogen and oxygen atoms in total. The van der Waals surface area contributed by atoms with E-state index >= 15 is 0 Å². The average Bonchev–Trinajstić information content (AvgIpc) is 3.21. The third-order valence-electron chi connectivity index (χ3n) is 5.07. The Labute approximate surface area is 183 Å². The standard InChI is InChI=1S/C24H20FN3O4/c1-15-10-11-16(14-20(15)27-23(30)17-6-2-3-7-18(17)25)22(29)26-19-8-4-5-9-21(19)28-12-13-32-24(28)31/h2-11,14H,12-13H2,1H3,(H,26,29)(H,27,30). The van der Waals surface area contributed by atoms with Gasteiger partial charge in [-0.15, -0.1) is 0 Å². The number of carbonyl (C=O) groups is 3. The first-order valence-electron chi connectivity index (χ1n) is 9.95. The number of benzene rings is 3. The summed E-state index contributed by atoms with van der Waals surface area (Å²) in [5, 5.41) is 5.46. The number of ether oxygens (including phenoxy) is 1. The summed E-state index contributed by atoms with van der Waals surface area (Å²) in [4.78, 5) is 38.8. The Morgan fingerprint density at radius 3 is 2.41 bits per heavy atom. The number of halogens is 1. The SMILES string of the molecule is Cc1ccc(C(=O)Nc2ccccc2N2CCOC2=O)cc1NC(=O)c1ccccc1F. The van der Waals surface area contributed by atoms with E-state index in [1.807, 2.05) is 0 Å². The molecule has 0 unspecified atom stereocenters. The van der Waals surface area contributed by atoms with E-state index < -0.39 is 23.7 Å². The molecule has 1 saturated heterocycles. The molecule has 0 radical (unpaired) electrons. The van der Waals surface area contributed by atoms with Gasteiger partial charge in [0.25, 0.3) is 11.8 Å². The maximum absolute atomic E-state index is 13.9. The molecule has 0 spiro atoms. The summed E-state index contributed by atoms with van der Waals surface area (Å²) < 4.78 is 18.9. The van der Waals surface area contributed by atoms with Crippen LogP contribution < -0.4 is 15.5 Å². The second-order valence-electron chi connectivity index (χ2n) is 7.20. The van der Waals surface area contributed by atoms with Crippen LogP contribution in [0.2, 0.25) is 0 Å². The summed E-state index contributed by atoms with van der Waals surface area (Å²) in [6.07, 6.45) is -0.472. The van der Waals surface area contributed by atoms with Crippen LogP contribution in [0.4, 0.5) is 26.2 Å². The molecule has 1 fully saturated rings. The van der Waals surface area contributed by atoms with Gasteiger partial charge in [0.1, 0.15) is 12.4 Å². The van der Waals surface area contributed by atoms with Crippen molar-refractivity contribution in [2.24, 2.45) is 0 Å². The average molecular weight is 433 g/mol. The summed E-state index contributed by atoms with van der Waals surface area (Å²) in [7, 11) is 0. The topological polar surface area (TPSA) is 87.7 Å².